The van der Waals surface area contributed by atoms with E-state index in [0.717, 1.165) is 4.31 Å². The predicted molar refractivity (Wildman–Crippen MR) is 149 cm³/mol. The lowest BCUT2D eigenvalue weighted by atomic mass is 10.1. The first-order valence-corrected chi connectivity index (χ1v) is 14.1. The Labute approximate surface area is 233 Å². The van der Waals surface area contributed by atoms with Crippen LogP contribution in [0.2, 0.25) is 5.02 Å². The van der Waals surface area contributed by atoms with Gasteiger partial charge in [0.2, 0.25) is 11.8 Å². The number of ether oxygens (including phenoxy) is 1. The van der Waals surface area contributed by atoms with Crippen LogP contribution < -0.4 is 14.4 Å². The summed E-state index contributed by atoms with van der Waals surface area (Å²) in [5, 5.41) is 3.01. The molecule has 0 fully saturated rings. The van der Waals surface area contributed by atoms with E-state index in [2.05, 4.69) is 5.32 Å². The number of hydrogen-bond donors (Lipinski definition) is 1. The molecule has 0 bridgehead atoms. The van der Waals surface area contributed by atoms with E-state index in [4.69, 9.17) is 16.3 Å². The molecule has 0 spiro atoms. The molecule has 3 aromatic carbocycles. The molecule has 0 aliphatic rings. The van der Waals surface area contributed by atoms with Crippen molar-refractivity contribution >= 4 is 39.1 Å². The lowest BCUT2D eigenvalue weighted by molar-refractivity contribution is -0.139. The fraction of sp³-hybridized carbons (Fsp3) is 0.286. The third kappa shape index (κ3) is 7.48. The third-order valence-corrected chi connectivity index (χ3v) is 8.06. The predicted octanol–water partition coefficient (Wildman–Crippen LogP) is 4.63. The van der Waals surface area contributed by atoms with Crippen molar-refractivity contribution < 1.29 is 27.1 Å². The zero-order valence-electron chi connectivity index (χ0n) is 21.9. The van der Waals surface area contributed by atoms with Crippen molar-refractivity contribution in [1.82, 2.24) is 10.2 Å². The Kier molecular flexibility index (Phi) is 10.3. The smallest absolute Gasteiger partial charge is 0.264 e. The van der Waals surface area contributed by atoms with E-state index < -0.39 is 40.2 Å². The number of benzene rings is 3. The molecule has 0 radical (unpaired) electrons. The Morgan fingerprint density at radius 3 is 2.36 bits per heavy atom. The number of rotatable bonds is 12. The summed E-state index contributed by atoms with van der Waals surface area (Å²) in [6.45, 7) is 2.91. The van der Waals surface area contributed by atoms with Gasteiger partial charge < -0.3 is 15.0 Å². The molecule has 1 N–H and O–H groups in total. The number of anilines is 1. The first-order chi connectivity index (χ1) is 18.6. The molecule has 8 nitrogen and oxygen atoms in total. The van der Waals surface area contributed by atoms with Crippen LogP contribution in [0.3, 0.4) is 0 Å². The minimum Gasteiger partial charge on any atom is -0.497 e. The number of amides is 2. The molecule has 208 valence electrons. The molecule has 0 unspecified atom stereocenters. The highest BCUT2D eigenvalue weighted by molar-refractivity contribution is 7.92. The Hall–Kier alpha value is -3.63. The van der Waals surface area contributed by atoms with Crippen molar-refractivity contribution in [3.8, 4) is 5.75 Å². The highest BCUT2D eigenvalue weighted by atomic mass is 35.5. The van der Waals surface area contributed by atoms with Crippen molar-refractivity contribution in [2.24, 2.45) is 0 Å². The second-order valence-corrected chi connectivity index (χ2v) is 11.0. The molecule has 3 rings (SSSR count). The minimum absolute atomic E-state index is 0.0783. The number of halogens is 2. The zero-order chi connectivity index (χ0) is 28.6. The molecule has 39 heavy (non-hydrogen) atoms. The van der Waals surface area contributed by atoms with E-state index in [0.29, 0.717) is 18.7 Å². The largest absolute Gasteiger partial charge is 0.497 e. The second kappa shape index (κ2) is 13.4. The number of carbonyl (C=O) groups excluding carboxylic acids is 2. The van der Waals surface area contributed by atoms with Crippen LogP contribution in [-0.4, -0.2) is 51.4 Å². The molecule has 0 aliphatic heterocycles. The van der Waals surface area contributed by atoms with Crippen molar-refractivity contribution in [2.75, 3.05) is 24.5 Å². The first kappa shape index (κ1) is 29.9. The van der Waals surface area contributed by atoms with Gasteiger partial charge in [0, 0.05) is 23.7 Å². The topological polar surface area (TPSA) is 96.0 Å². The molecule has 2 amide bonds. The number of nitrogens with zero attached hydrogens (tertiary/aromatic N) is 2. The van der Waals surface area contributed by atoms with E-state index >= 15 is 0 Å². The van der Waals surface area contributed by atoms with E-state index in [-0.39, 0.29) is 27.7 Å². The van der Waals surface area contributed by atoms with Crippen LogP contribution >= 0.6 is 11.6 Å². The molecular weight excluding hydrogens is 545 g/mol. The van der Waals surface area contributed by atoms with Crippen LogP contribution in [0, 0.1) is 5.82 Å². The van der Waals surface area contributed by atoms with Crippen LogP contribution in [0.4, 0.5) is 10.1 Å². The molecule has 0 aromatic heterocycles. The van der Waals surface area contributed by atoms with Crippen LogP contribution in [0.15, 0.2) is 77.7 Å². The normalized spacial score (nSPS) is 11.9. The Morgan fingerprint density at radius 1 is 1.05 bits per heavy atom. The average molecular weight is 576 g/mol. The van der Waals surface area contributed by atoms with Gasteiger partial charge in [-0.3, -0.25) is 13.9 Å². The van der Waals surface area contributed by atoms with Crippen LogP contribution in [0.1, 0.15) is 25.8 Å². The summed E-state index contributed by atoms with van der Waals surface area (Å²) in [5.41, 5.74) is 0.342. The maximum absolute atomic E-state index is 14.6. The molecule has 1 atom stereocenters. The quantitative estimate of drug-likeness (QED) is 0.340. The van der Waals surface area contributed by atoms with E-state index in [1.165, 1.54) is 73.5 Å². The lowest BCUT2D eigenvalue weighted by Crippen LogP contribution is -2.51. The number of hydrogen-bond acceptors (Lipinski definition) is 5. The van der Waals surface area contributed by atoms with Gasteiger partial charge in [0.1, 0.15) is 24.2 Å². The van der Waals surface area contributed by atoms with Gasteiger partial charge in [0.05, 0.1) is 17.7 Å². The minimum atomic E-state index is -4.27. The summed E-state index contributed by atoms with van der Waals surface area (Å²) >= 11 is 6.16. The molecule has 3 aromatic rings. The lowest BCUT2D eigenvalue weighted by Gasteiger charge is -2.32. The van der Waals surface area contributed by atoms with E-state index in [9.17, 15) is 22.4 Å². The molecule has 0 aliphatic carbocycles. The van der Waals surface area contributed by atoms with Gasteiger partial charge in [-0.25, -0.2) is 12.8 Å². The van der Waals surface area contributed by atoms with Crippen molar-refractivity contribution in [2.45, 2.75) is 37.8 Å². The summed E-state index contributed by atoms with van der Waals surface area (Å²) < 4.78 is 48.2. The molecular formula is C28H31ClFN3O5S. The fourth-order valence-corrected chi connectivity index (χ4v) is 5.41. The van der Waals surface area contributed by atoms with Crippen LogP contribution in [0.25, 0.3) is 0 Å². The standard InChI is InChI=1S/C28H31ClFN3O5S/c1-4-16-31-28(35)20(2)32(18-21-8-5-6-11-26(21)30)27(34)19-33(23-10-7-9-22(29)17-23)39(36,37)25-14-12-24(38-3)13-15-25/h5-15,17,20H,4,16,18-19H2,1-3H3,(H,31,35)/t20-/m0/s1. The first-order valence-electron chi connectivity index (χ1n) is 12.3. The monoisotopic (exact) mass is 575 g/mol. The number of nitrogens with one attached hydrogen (secondary N) is 1. The summed E-state index contributed by atoms with van der Waals surface area (Å²) in [4.78, 5) is 27.7. The van der Waals surface area contributed by atoms with Crippen LogP contribution in [-0.2, 0) is 26.2 Å². The van der Waals surface area contributed by atoms with Gasteiger partial charge >= 0.3 is 0 Å². The molecule has 11 heteroatoms. The average Bonchev–Trinajstić information content (AvgIpc) is 2.93. The summed E-state index contributed by atoms with van der Waals surface area (Å²) in [6.07, 6.45) is 0.683. The van der Waals surface area contributed by atoms with Crippen molar-refractivity contribution in [3.63, 3.8) is 0 Å². The zero-order valence-corrected chi connectivity index (χ0v) is 23.5. The van der Waals surface area contributed by atoms with Gasteiger partial charge in [-0.05, 0) is 61.9 Å². The summed E-state index contributed by atoms with van der Waals surface area (Å²) in [7, 11) is -2.81. The van der Waals surface area contributed by atoms with Crippen LogP contribution in [0.5, 0.6) is 5.75 Å². The Bertz CT molecular complexity index is 1400. The third-order valence-electron chi connectivity index (χ3n) is 6.04. The second-order valence-electron chi connectivity index (χ2n) is 8.75. The Balaban J connectivity index is 2.03. The van der Waals surface area contributed by atoms with Gasteiger partial charge in [0.15, 0.2) is 0 Å². The number of methoxy groups -OCH3 is 1. The number of sulfonamides is 1. The van der Waals surface area contributed by atoms with Gasteiger partial charge in [-0.15, -0.1) is 0 Å². The summed E-state index contributed by atoms with van der Waals surface area (Å²) in [6, 6.07) is 16.7. The highest BCUT2D eigenvalue weighted by Gasteiger charge is 2.33. The van der Waals surface area contributed by atoms with Gasteiger partial charge in [-0.2, -0.15) is 0 Å². The maximum atomic E-state index is 14.6. The molecule has 0 saturated heterocycles. The fourth-order valence-electron chi connectivity index (χ4n) is 3.82. The Morgan fingerprint density at radius 2 is 1.74 bits per heavy atom. The summed E-state index contributed by atoms with van der Waals surface area (Å²) in [5.74, 6) is -1.22. The van der Waals surface area contributed by atoms with Gasteiger partial charge in [0.25, 0.3) is 10.0 Å². The SMILES string of the molecule is CCCNC(=O)[C@H](C)N(Cc1ccccc1F)C(=O)CN(c1cccc(Cl)c1)S(=O)(=O)c1ccc(OC)cc1. The van der Waals surface area contributed by atoms with E-state index in [1.807, 2.05) is 6.92 Å². The number of carbonyl (C=O) groups is 2. The van der Waals surface area contributed by atoms with E-state index in [1.54, 1.807) is 18.2 Å². The molecule has 0 heterocycles. The highest BCUT2D eigenvalue weighted by Crippen LogP contribution is 2.28. The van der Waals surface area contributed by atoms with Crippen molar-refractivity contribution in [3.05, 3.63) is 89.2 Å². The van der Waals surface area contributed by atoms with Crippen molar-refractivity contribution in [1.29, 1.82) is 0 Å². The maximum Gasteiger partial charge on any atom is 0.264 e. The van der Waals surface area contributed by atoms with Gasteiger partial charge in [-0.1, -0.05) is 42.8 Å². The molecule has 0 saturated carbocycles.